The third kappa shape index (κ3) is 4.33. The zero-order chi connectivity index (χ0) is 25.7. The molecule has 1 aromatic carbocycles. The first-order valence-corrected chi connectivity index (χ1v) is 11.0. The molecule has 4 heterocycles. The Bertz CT molecular complexity index is 1280. The zero-order valence-corrected chi connectivity index (χ0v) is 18.6. The molecule has 36 heavy (non-hydrogen) atoms. The van der Waals surface area contributed by atoms with Gasteiger partial charge in [-0.2, -0.15) is 17.6 Å². The van der Waals surface area contributed by atoms with Crippen LogP contribution in [-0.2, 0) is 16.7 Å². The predicted molar refractivity (Wildman–Crippen MR) is 114 cm³/mol. The molecule has 13 heteroatoms. The molecule has 2 saturated heterocycles. The number of aliphatic hydroxyl groups is 1. The number of fused-ring (bicyclic) bond motifs is 1. The van der Waals surface area contributed by atoms with E-state index in [9.17, 15) is 27.5 Å². The largest absolute Gasteiger partial charge is 0.433 e. The summed E-state index contributed by atoms with van der Waals surface area (Å²) in [6.45, 7) is 0.624. The van der Waals surface area contributed by atoms with Crippen molar-refractivity contribution in [1.29, 1.82) is 0 Å². The van der Waals surface area contributed by atoms with E-state index in [0.717, 1.165) is 18.3 Å². The molecule has 2 aliphatic rings. The van der Waals surface area contributed by atoms with Gasteiger partial charge in [0.25, 0.3) is 5.91 Å². The number of aromatic nitrogens is 3. The summed E-state index contributed by atoms with van der Waals surface area (Å²) >= 11 is 0. The van der Waals surface area contributed by atoms with Crippen LogP contribution < -0.4 is 0 Å². The van der Waals surface area contributed by atoms with Gasteiger partial charge in [-0.1, -0.05) is 12.1 Å². The number of hydrogen-bond donors (Lipinski definition) is 2. The number of ether oxygens (including phenoxy) is 1. The van der Waals surface area contributed by atoms with Crippen LogP contribution in [0.5, 0.6) is 0 Å². The lowest BCUT2D eigenvalue weighted by molar-refractivity contribution is -0.265. The fourth-order valence-electron chi connectivity index (χ4n) is 4.50. The quantitative estimate of drug-likeness (QED) is 0.528. The van der Waals surface area contributed by atoms with Crippen LogP contribution in [-0.4, -0.2) is 74.8 Å². The molecule has 0 aliphatic carbocycles. The first-order chi connectivity index (χ1) is 17.1. The number of piperazine rings is 1. The number of H-pyrrole nitrogens is 1. The highest BCUT2D eigenvalue weighted by atomic mass is 19.4. The van der Waals surface area contributed by atoms with E-state index in [1.165, 1.54) is 29.3 Å². The molecule has 0 saturated carbocycles. The monoisotopic (exact) mass is 509 g/mol. The minimum atomic E-state index is -4.60. The van der Waals surface area contributed by atoms with Gasteiger partial charge in [-0.15, -0.1) is 5.10 Å². The number of hydrogen-bond acceptors (Lipinski definition) is 6. The second-order valence-corrected chi connectivity index (χ2v) is 8.66. The van der Waals surface area contributed by atoms with Crippen molar-refractivity contribution in [3.63, 3.8) is 0 Å². The van der Waals surface area contributed by atoms with Crippen LogP contribution in [0.1, 0.15) is 21.6 Å². The van der Waals surface area contributed by atoms with Crippen molar-refractivity contribution in [2.45, 2.75) is 18.0 Å². The van der Waals surface area contributed by atoms with Gasteiger partial charge < -0.3 is 14.7 Å². The molecule has 0 radical (unpaired) electrons. The molecule has 3 aromatic rings. The Morgan fingerprint density at radius 2 is 1.97 bits per heavy atom. The van der Waals surface area contributed by atoms with Crippen molar-refractivity contribution in [3.8, 4) is 11.1 Å². The number of alkyl halides is 3. The Morgan fingerprint density at radius 1 is 1.17 bits per heavy atom. The minimum Gasteiger partial charge on any atom is -0.361 e. The van der Waals surface area contributed by atoms with Crippen molar-refractivity contribution < 1.29 is 36.6 Å². The molecule has 2 aliphatic heterocycles. The first-order valence-electron chi connectivity index (χ1n) is 11.0. The summed E-state index contributed by atoms with van der Waals surface area (Å²) in [6.07, 6.45) is -2.47. The van der Waals surface area contributed by atoms with Crippen LogP contribution in [0.15, 0.2) is 42.7 Å². The normalized spacial score (nSPS) is 22.9. The summed E-state index contributed by atoms with van der Waals surface area (Å²) in [5, 5.41) is 16.6. The zero-order valence-electron chi connectivity index (χ0n) is 18.6. The van der Waals surface area contributed by atoms with Gasteiger partial charge in [-0.05, 0) is 18.2 Å². The van der Waals surface area contributed by atoms with E-state index in [0.29, 0.717) is 6.54 Å². The summed E-state index contributed by atoms with van der Waals surface area (Å²) in [5.41, 5.74) is -1.41. The number of pyridine rings is 1. The maximum absolute atomic E-state index is 15.1. The van der Waals surface area contributed by atoms with Crippen molar-refractivity contribution in [2.24, 2.45) is 0 Å². The van der Waals surface area contributed by atoms with E-state index < -0.39 is 35.3 Å². The molecule has 0 bridgehead atoms. The second-order valence-electron chi connectivity index (χ2n) is 8.66. The summed E-state index contributed by atoms with van der Waals surface area (Å²) in [5.74, 6) is -4.20. The Hall–Kier alpha value is -3.42. The van der Waals surface area contributed by atoms with E-state index in [4.69, 9.17) is 4.74 Å². The van der Waals surface area contributed by atoms with Crippen LogP contribution in [0.2, 0.25) is 0 Å². The Morgan fingerprint density at radius 3 is 2.64 bits per heavy atom. The van der Waals surface area contributed by atoms with Crippen LogP contribution in [0.4, 0.5) is 22.0 Å². The van der Waals surface area contributed by atoms with Crippen LogP contribution in [0.3, 0.4) is 0 Å². The minimum absolute atomic E-state index is 0.0238. The second kappa shape index (κ2) is 8.91. The SMILES string of the molecule is O=C(c1cccc(-c2c[nH]nc2F)c1F)N1CCN2C[C@@](O)(c3ccc(C(F)(F)F)nc3)OC[C@@H]2C1. The van der Waals surface area contributed by atoms with Crippen LogP contribution in [0.25, 0.3) is 11.1 Å². The van der Waals surface area contributed by atoms with Gasteiger partial charge in [0.1, 0.15) is 11.5 Å². The van der Waals surface area contributed by atoms with Crippen molar-refractivity contribution in [2.75, 3.05) is 32.8 Å². The van der Waals surface area contributed by atoms with E-state index in [-0.39, 0.29) is 54.5 Å². The standard InChI is InChI=1S/C23H20F5N5O3/c24-19-15(17-9-30-31-20(17)25)2-1-3-16(19)21(34)32-6-7-33-12-22(35,36-11-14(33)10-32)13-4-5-18(29-8-13)23(26,27)28/h1-5,8-9,14,35H,6-7,10-12H2,(H,30,31)/t14-,22-/m0/s1. The van der Waals surface area contributed by atoms with Gasteiger partial charge in [0.2, 0.25) is 11.7 Å². The molecular formula is C23H20F5N5O3. The highest BCUT2D eigenvalue weighted by Crippen LogP contribution is 2.33. The number of carbonyl (C=O) groups excluding carboxylic acids is 1. The Labute approximate surface area is 201 Å². The van der Waals surface area contributed by atoms with E-state index >= 15 is 4.39 Å². The number of rotatable bonds is 3. The molecule has 2 atom stereocenters. The van der Waals surface area contributed by atoms with E-state index in [2.05, 4.69) is 15.2 Å². The fourth-order valence-corrected chi connectivity index (χ4v) is 4.50. The molecule has 2 N–H and O–H groups in total. The molecule has 0 spiro atoms. The molecule has 0 unspecified atom stereocenters. The summed E-state index contributed by atoms with van der Waals surface area (Å²) < 4.78 is 73.0. The molecule has 8 nitrogen and oxygen atoms in total. The van der Waals surface area contributed by atoms with Crippen molar-refractivity contribution in [1.82, 2.24) is 25.0 Å². The van der Waals surface area contributed by atoms with Gasteiger partial charge in [0, 0.05) is 43.2 Å². The number of morpholine rings is 1. The third-order valence-electron chi connectivity index (χ3n) is 6.44. The number of halogens is 5. The van der Waals surface area contributed by atoms with Gasteiger partial charge in [-0.3, -0.25) is 19.8 Å². The number of amides is 1. The lowest BCUT2D eigenvalue weighted by Crippen LogP contribution is -2.63. The van der Waals surface area contributed by atoms with Gasteiger partial charge >= 0.3 is 6.18 Å². The number of carbonyl (C=O) groups is 1. The predicted octanol–water partition coefficient (Wildman–Crippen LogP) is 2.77. The Kier molecular flexibility index (Phi) is 6.01. The molecule has 2 fully saturated rings. The first kappa shape index (κ1) is 24.3. The maximum Gasteiger partial charge on any atom is 0.433 e. The third-order valence-corrected chi connectivity index (χ3v) is 6.44. The smallest absolute Gasteiger partial charge is 0.361 e. The molecule has 5 rings (SSSR count). The number of nitrogens with zero attached hydrogens (tertiary/aromatic N) is 4. The lowest BCUT2D eigenvalue weighted by Gasteiger charge is -2.48. The number of benzene rings is 1. The fraction of sp³-hybridized carbons (Fsp3) is 0.348. The summed E-state index contributed by atoms with van der Waals surface area (Å²) in [4.78, 5) is 19.8. The van der Waals surface area contributed by atoms with E-state index in [1.807, 2.05) is 4.90 Å². The molecular weight excluding hydrogens is 489 g/mol. The van der Waals surface area contributed by atoms with Crippen LogP contribution >= 0.6 is 0 Å². The topological polar surface area (TPSA) is 94.6 Å². The van der Waals surface area contributed by atoms with Crippen molar-refractivity contribution >= 4 is 5.91 Å². The highest BCUT2D eigenvalue weighted by Gasteiger charge is 2.44. The molecule has 190 valence electrons. The highest BCUT2D eigenvalue weighted by molar-refractivity contribution is 5.96. The average Bonchev–Trinajstić information content (AvgIpc) is 3.28. The maximum atomic E-state index is 15.1. The lowest BCUT2D eigenvalue weighted by atomic mass is 10.0. The number of aromatic amines is 1. The Balaban J connectivity index is 1.29. The van der Waals surface area contributed by atoms with Crippen molar-refractivity contribution in [3.05, 3.63) is 71.3 Å². The van der Waals surface area contributed by atoms with Crippen LogP contribution in [0, 0.1) is 11.8 Å². The van der Waals surface area contributed by atoms with Gasteiger partial charge in [-0.25, -0.2) is 4.39 Å². The summed E-state index contributed by atoms with van der Waals surface area (Å²) in [6, 6.07) is 5.69. The molecule has 2 aromatic heterocycles. The number of nitrogens with one attached hydrogen (secondary N) is 1. The molecule has 1 amide bonds. The van der Waals surface area contributed by atoms with Gasteiger partial charge in [0.05, 0.1) is 30.3 Å². The van der Waals surface area contributed by atoms with E-state index in [1.54, 1.807) is 0 Å². The summed E-state index contributed by atoms with van der Waals surface area (Å²) in [7, 11) is 0. The van der Waals surface area contributed by atoms with Gasteiger partial charge in [0.15, 0.2) is 0 Å². The average molecular weight is 509 g/mol.